The van der Waals surface area contributed by atoms with Gasteiger partial charge in [0.2, 0.25) is 0 Å². The Kier molecular flexibility index (Phi) is 6.48. The fourth-order valence-corrected chi connectivity index (χ4v) is 1.21. The van der Waals surface area contributed by atoms with Crippen LogP contribution in [0, 0.1) is 0 Å². The Balaban J connectivity index is 2.98. The lowest BCUT2D eigenvalue weighted by Gasteiger charge is -1.92. The van der Waals surface area contributed by atoms with E-state index in [4.69, 9.17) is 5.21 Å². The lowest BCUT2D eigenvalue weighted by molar-refractivity contribution is 0.320. The first-order valence-electron chi connectivity index (χ1n) is 3.23. The quantitative estimate of drug-likeness (QED) is 0.284. The second kappa shape index (κ2) is 6.74. The maximum atomic E-state index is 10.5. The van der Waals surface area contributed by atoms with Gasteiger partial charge in [-0.05, 0) is 19.3 Å². The standard InChI is InChI=1S/C6H13NO2S/c1-10(9)6-4-2-3-5-7-8/h5,8H,2-4,6H2,1H3/b7-5+. The highest BCUT2D eigenvalue weighted by atomic mass is 32.2. The molecule has 0 heterocycles. The smallest absolute Gasteiger partial charge is 0.0435 e. The summed E-state index contributed by atoms with van der Waals surface area (Å²) in [7, 11) is -0.678. The largest absolute Gasteiger partial charge is 0.411 e. The van der Waals surface area contributed by atoms with E-state index in [1.165, 1.54) is 6.21 Å². The SMILES string of the molecule is CS(=O)CCCC/C=N/O. The highest BCUT2D eigenvalue weighted by Gasteiger charge is 1.89. The number of hydrogen-bond donors (Lipinski definition) is 1. The Morgan fingerprint density at radius 2 is 2.30 bits per heavy atom. The minimum atomic E-state index is -0.678. The van der Waals surface area contributed by atoms with Crippen LogP contribution in [0.1, 0.15) is 19.3 Å². The Morgan fingerprint density at radius 1 is 1.60 bits per heavy atom. The molecule has 1 N–H and O–H groups in total. The number of oxime groups is 1. The molecule has 0 amide bonds. The normalized spacial score (nSPS) is 14.1. The number of nitrogens with zero attached hydrogens (tertiary/aromatic N) is 1. The molecule has 0 radical (unpaired) electrons. The molecule has 0 saturated heterocycles. The summed E-state index contributed by atoms with van der Waals surface area (Å²) in [6, 6.07) is 0. The molecule has 4 heteroatoms. The summed E-state index contributed by atoms with van der Waals surface area (Å²) in [5.41, 5.74) is 0. The molecule has 0 aromatic carbocycles. The number of unbranched alkanes of at least 4 members (excludes halogenated alkanes) is 2. The van der Waals surface area contributed by atoms with Crippen molar-refractivity contribution in [1.29, 1.82) is 0 Å². The van der Waals surface area contributed by atoms with Gasteiger partial charge in [-0.25, -0.2) is 0 Å². The van der Waals surface area contributed by atoms with Crippen LogP contribution in [-0.2, 0) is 10.8 Å². The Morgan fingerprint density at radius 3 is 2.80 bits per heavy atom. The molecule has 0 saturated carbocycles. The van der Waals surface area contributed by atoms with Gasteiger partial charge >= 0.3 is 0 Å². The molecule has 1 unspecified atom stereocenters. The highest BCUT2D eigenvalue weighted by Crippen LogP contribution is 1.93. The lowest BCUT2D eigenvalue weighted by Crippen LogP contribution is -1.93. The van der Waals surface area contributed by atoms with Crippen LogP contribution in [0.5, 0.6) is 0 Å². The molecular weight excluding hydrogens is 150 g/mol. The van der Waals surface area contributed by atoms with Gasteiger partial charge in [-0.3, -0.25) is 4.21 Å². The summed E-state index contributed by atoms with van der Waals surface area (Å²) in [4.78, 5) is 0. The van der Waals surface area contributed by atoms with Crippen molar-refractivity contribution in [1.82, 2.24) is 0 Å². The summed E-state index contributed by atoms with van der Waals surface area (Å²) >= 11 is 0. The van der Waals surface area contributed by atoms with Gasteiger partial charge in [-0.15, -0.1) is 5.16 Å². The van der Waals surface area contributed by atoms with Crippen LogP contribution in [0.4, 0.5) is 0 Å². The van der Waals surface area contributed by atoms with Crippen molar-refractivity contribution in [3.8, 4) is 0 Å². The predicted octanol–water partition coefficient (Wildman–Crippen LogP) is 0.995. The summed E-state index contributed by atoms with van der Waals surface area (Å²) in [6.45, 7) is 0. The monoisotopic (exact) mass is 163 g/mol. The third-order valence-electron chi connectivity index (χ3n) is 1.10. The van der Waals surface area contributed by atoms with Gasteiger partial charge in [-0.1, -0.05) is 0 Å². The maximum absolute atomic E-state index is 10.5. The molecule has 0 aliphatic heterocycles. The van der Waals surface area contributed by atoms with Crippen molar-refractivity contribution in [2.45, 2.75) is 19.3 Å². The van der Waals surface area contributed by atoms with E-state index in [1.54, 1.807) is 6.26 Å². The van der Waals surface area contributed by atoms with Gasteiger partial charge in [0.25, 0.3) is 0 Å². The summed E-state index contributed by atoms with van der Waals surface area (Å²) in [6.07, 6.45) is 5.81. The van der Waals surface area contributed by atoms with Crippen LogP contribution in [0.25, 0.3) is 0 Å². The zero-order valence-corrected chi connectivity index (χ0v) is 6.93. The van der Waals surface area contributed by atoms with E-state index in [0.717, 1.165) is 25.0 Å². The number of rotatable bonds is 5. The molecule has 0 aromatic rings. The minimum absolute atomic E-state index is 0.678. The highest BCUT2D eigenvalue weighted by molar-refractivity contribution is 7.84. The minimum Gasteiger partial charge on any atom is -0.411 e. The molecule has 0 bridgehead atoms. The average molecular weight is 163 g/mol. The van der Waals surface area contributed by atoms with E-state index in [9.17, 15) is 4.21 Å². The Hall–Kier alpha value is -0.380. The molecule has 0 rings (SSSR count). The second-order valence-electron chi connectivity index (χ2n) is 2.07. The molecule has 0 aliphatic rings. The van der Waals surface area contributed by atoms with Crippen LogP contribution >= 0.6 is 0 Å². The summed E-state index contributed by atoms with van der Waals surface area (Å²) < 4.78 is 10.5. The van der Waals surface area contributed by atoms with Crippen molar-refractivity contribution >= 4 is 17.0 Å². The van der Waals surface area contributed by atoms with Crippen molar-refractivity contribution in [3.63, 3.8) is 0 Å². The molecule has 1 atom stereocenters. The van der Waals surface area contributed by atoms with Gasteiger partial charge in [0.15, 0.2) is 0 Å². The Bertz CT molecular complexity index is 125. The molecule has 0 aliphatic carbocycles. The Labute approximate surface area is 63.6 Å². The lowest BCUT2D eigenvalue weighted by atomic mass is 10.3. The van der Waals surface area contributed by atoms with Gasteiger partial charge in [0.1, 0.15) is 0 Å². The zero-order chi connectivity index (χ0) is 7.82. The second-order valence-corrected chi connectivity index (χ2v) is 3.63. The first-order chi connectivity index (χ1) is 4.77. The van der Waals surface area contributed by atoms with Gasteiger partial charge < -0.3 is 5.21 Å². The topological polar surface area (TPSA) is 49.7 Å². The van der Waals surface area contributed by atoms with Crippen LogP contribution in [0.3, 0.4) is 0 Å². The van der Waals surface area contributed by atoms with Gasteiger partial charge in [0.05, 0.1) is 0 Å². The maximum Gasteiger partial charge on any atom is 0.0435 e. The van der Waals surface area contributed by atoms with Crippen molar-refractivity contribution in [2.75, 3.05) is 12.0 Å². The van der Waals surface area contributed by atoms with Crippen molar-refractivity contribution in [2.24, 2.45) is 5.16 Å². The summed E-state index contributed by atoms with van der Waals surface area (Å²) in [5.74, 6) is 0.749. The predicted molar refractivity (Wildman–Crippen MR) is 43.1 cm³/mol. The van der Waals surface area contributed by atoms with Gasteiger partial charge in [0, 0.05) is 29.0 Å². The van der Waals surface area contributed by atoms with E-state index in [0.29, 0.717) is 0 Å². The molecule has 0 spiro atoms. The zero-order valence-electron chi connectivity index (χ0n) is 6.12. The molecule has 10 heavy (non-hydrogen) atoms. The molecule has 3 nitrogen and oxygen atoms in total. The third kappa shape index (κ3) is 7.62. The van der Waals surface area contributed by atoms with Crippen molar-refractivity contribution < 1.29 is 9.42 Å². The summed E-state index contributed by atoms with van der Waals surface area (Å²) in [5, 5.41) is 10.8. The fraction of sp³-hybridized carbons (Fsp3) is 0.833. The van der Waals surface area contributed by atoms with E-state index in [2.05, 4.69) is 5.16 Å². The molecule has 0 aromatic heterocycles. The molecule has 0 fully saturated rings. The van der Waals surface area contributed by atoms with Crippen LogP contribution in [0.2, 0.25) is 0 Å². The van der Waals surface area contributed by atoms with Crippen LogP contribution < -0.4 is 0 Å². The first kappa shape index (κ1) is 9.62. The van der Waals surface area contributed by atoms with Crippen LogP contribution in [-0.4, -0.2) is 27.6 Å². The van der Waals surface area contributed by atoms with Gasteiger partial charge in [-0.2, -0.15) is 0 Å². The van der Waals surface area contributed by atoms with Crippen LogP contribution in [0.15, 0.2) is 5.16 Å². The number of hydrogen-bond acceptors (Lipinski definition) is 3. The molecular formula is C6H13NO2S. The van der Waals surface area contributed by atoms with E-state index in [1.807, 2.05) is 0 Å². The van der Waals surface area contributed by atoms with E-state index in [-0.39, 0.29) is 0 Å². The average Bonchev–Trinajstić information content (AvgIpc) is 1.87. The fourth-order valence-electron chi connectivity index (χ4n) is 0.599. The third-order valence-corrected chi connectivity index (χ3v) is 1.96. The van der Waals surface area contributed by atoms with E-state index < -0.39 is 10.8 Å². The van der Waals surface area contributed by atoms with E-state index >= 15 is 0 Å². The molecule has 60 valence electrons. The first-order valence-corrected chi connectivity index (χ1v) is 4.96. The van der Waals surface area contributed by atoms with Crippen molar-refractivity contribution in [3.05, 3.63) is 0 Å².